The Labute approximate surface area is 142 Å². The van der Waals surface area contributed by atoms with Crippen molar-refractivity contribution >= 4 is 12.0 Å². The zero-order chi connectivity index (χ0) is 18.8. The summed E-state index contributed by atoms with van der Waals surface area (Å²) < 4.78 is 44.3. The van der Waals surface area contributed by atoms with Crippen LogP contribution in [0.5, 0.6) is 0 Å². The van der Waals surface area contributed by atoms with E-state index in [4.69, 9.17) is 5.26 Å². The zero-order valence-corrected chi connectivity index (χ0v) is 13.8. The highest BCUT2D eigenvalue weighted by Gasteiger charge is 2.30. The number of hydrogen-bond acceptors (Lipinski definition) is 3. The molecule has 4 nitrogen and oxygen atoms in total. The van der Waals surface area contributed by atoms with Crippen LogP contribution in [-0.4, -0.2) is 17.6 Å². The molecule has 25 heavy (non-hydrogen) atoms. The van der Waals surface area contributed by atoms with Crippen molar-refractivity contribution in [3.8, 4) is 11.8 Å². The number of benzene rings is 1. The minimum atomic E-state index is -4.39. The molecule has 1 aromatic heterocycles. The van der Waals surface area contributed by atoms with E-state index in [2.05, 4.69) is 4.74 Å². The number of halogens is 3. The molecule has 0 atom stereocenters. The van der Waals surface area contributed by atoms with E-state index in [1.807, 2.05) is 0 Å². The molecule has 7 heteroatoms. The Morgan fingerprint density at radius 1 is 1.24 bits per heavy atom. The molecule has 1 heterocycles. The fraction of sp³-hybridized carbons (Fsp3) is 0.222. The van der Waals surface area contributed by atoms with Gasteiger partial charge in [-0.15, -0.1) is 0 Å². The lowest BCUT2D eigenvalue weighted by molar-refractivity contribution is -0.137. The summed E-state index contributed by atoms with van der Waals surface area (Å²) in [7, 11) is 1.18. The van der Waals surface area contributed by atoms with E-state index < -0.39 is 17.7 Å². The monoisotopic (exact) mass is 348 g/mol. The highest BCUT2D eigenvalue weighted by atomic mass is 19.4. The fourth-order valence-electron chi connectivity index (χ4n) is 2.53. The van der Waals surface area contributed by atoms with Crippen LogP contribution in [0.25, 0.3) is 11.8 Å². The quantitative estimate of drug-likeness (QED) is 0.475. The van der Waals surface area contributed by atoms with Crippen molar-refractivity contribution in [1.82, 2.24) is 4.57 Å². The molecule has 0 amide bonds. The number of nitriles is 1. The Balaban J connectivity index is 2.49. The Kier molecular flexibility index (Phi) is 5.02. The van der Waals surface area contributed by atoms with Crippen LogP contribution in [0, 0.1) is 25.2 Å². The summed E-state index contributed by atoms with van der Waals surface area (Å²) in [6, 6.07) is 8.30. The number of aromatic nitrogens is 1. The van der Waals surface area contributed by atoms with E-state index >= 15 is 0 Å². The molecule has 0 saturated heterocycles. The van der Waals surface area contributed by atoms with Gasteiger partial charge in [-0.2, -0.15) is 18.4 Å². The standard InChI is InChI=1S/C18H15F3N2O2/c1-11-8-13(9-14(10-22)17(24)25-3)12(2)23(11)16-6-4-15(5-7-16)18(19,20)21/h4-9H,1-3H3/b14-9+. The lowest BCUT2D eigenvalue weighted by Gasteiger charge is -2.12. The van der Waals surface area contributed by atoms with Gasteiger partial charge in [0.15, 0.2) is 0 Å². The van der Waals surface area contributed by atoms with Crippen LogP contribution in [0.3, 0.4) is 0 Å². The van der Waals surface area contributed by atoms with Crippen LogP contribution in [-0.2, 0) is 15.7 Å². The maximum Gasteiger partial charge on any atom is 0.416 e. The van der Waals surface area contributed by atoms with E-state index in [0.29, 0.717) is 16.9 Å². The molecule has 0 fully saturated rings. The van der Waals surface area contributed by atoms with Crippen molar-refractivity contribution in [2.45, 2.75) is 20.0 Å². The summed E-state index contributed by atoms with van der Waals surface area (Å²) in [5.74, 6) is -0.748. The topological polar surface area (TPSA) is 55.0 Å². The predicted molar refractivity (Wildman–Crippen MR) is 85.9 cm³/mol. The number of methoxy groups -OCH3 is 1. The third-order valence-corrected chi connectivity index (χ3v) is 3.75. The Hall–Kier alpha value is -3.01. The lowest BCUT2D eigenvalue weighted by Crippen LogP contribution is -2.06. The molecule has 0 radical (unpaired) electrons. The van der Waals surface area contributed by atoms with Crippen LogP contribution < -0.4 is 0 Å². The van der Waals surface area contributed by atoms with Gasteiger partial charge < -0.3 is 9.30 Å². The van der Waals surface area contributed by atoms with Gasteiger partial charge in [0.2, 0.25) is 0 Å². The summed E-state index contributed by atoms with van der Waals surface area (Å²) in [5.41, 5.74) is 1.73. The second-order valence-electron chi connectivity index (χ2n) is 5.37. The molecule has 130 valence electrons. The second kappa shape index (κ2) is 6.85. The van der Waals surface area contributed by atoms with Gasteiger partial charge >= 0.3 is 12.1 Å². The van der Waals surface area contributed by atoms with Gasteiger partial charge in [-0.1, -0.05) is 0 Å². The smallest absolute Gasteiger partial charge is 0.416 e. The van der Waals surface area contributed by atoms with Crippen LogP contribution in [0.4, 0.5) is 13.2 Å². The van der Waals surface area contributed by atoms with Crippen LogP contribution in [0.1, 0.15) is 22.5 Å². The van der Waals surface area contributed by atoms with Crippen molar-refractivity contribution in [3.63, 3.8) is 0 Å². The van der Waals surface area contributed by atoms with Gasteiger partial charge in [-0.3, -0.25) is 0 Å². The fourth-order valence-corrected chi connectivity index (χ4v) is 2.53. The number of aryl methyl sites for hydroxylation is 1. The third kappa shape index (κ3) is 3.74. The second-order valence-corrected chi connectivity index (χ2v) is 5.37. The number of rotatable bonds is 3. The molecule has 1 aromatic carbocycles. The van der Waals surface area contributed by atoms with E-state index in [0.717, 1.165) is 17.8 Å². The Morgan fingerprint density at radius 3 is 2.32 bits per heavy atom. The first kappa shape index (κ1) is 18.3. The number of nitrogens with zero attached hydrogens (tertiary/aromatic N) is 2. The predicted octanol–water partition coefficient (Wildman–Crippen LogP) is 4.19. The van der Waals surface area contributed by atoms with Gasteiger partial charge in [0.05, 0.1) is 12.7 Å². The van der Waals surface area contributed by atoms with E-state index in [1.54, 1.807) is 30.6 Å². The molecule has 2 rings (SSSR count). The van der Waals surface area contributed by atoms with E-state index in [9.17, 15) is 18.0 Å². The van der Waals surface area contributed by atoms with E-state index in [1.165, 1.54) is 25.3 Å². The largest absolute Gasteiger partial charge is 0.465 e. The number of ether oxygens (including phenoxy) is 1. The Bertz CT molecular complexity index is 869. The zero-order valence-electron chi connectivity index (χ0n) is 13.8. The molecule has 0 unspecified atom stereocenters. The first-order valence-corrected chi connectivity index (χ1v) is 7.25. The molecule has 0 aliphatic rings. The summed E-state index contributed by atoms with van der Waals surface area (Å²) in [4.78, 5) is 11.5. The highest BCUT2D eigenvalue weighted by molar-refractivity contribution is 5.98. The molecule has 2 aromatic rings. The third-order valence-electron chi connectivity index (χ3n) is 3.75. The number of carbonyl (C=O) groups excluding carboxylic acids is 1. The SMILES string of the molecule is COC(=O)/C(C#N)=C/c1cc(C)n(-c2ccc(C(F)(F)F)cc2)c1C. The minimum Gasteiger partial charge on any atom is -0.465 e. The molecule has 0 aliphatic heterocycles. The number of esters is 1. The van der Waals surface area contributed by atoms with Crippen molar-refractivity contribution in [1.29, 1.82) is 5.26 Å². The lowest BCUT2D eigenvalue weighted by atomic mass is 10.1. The van der Waals surface area contributed by atoms with Crippen molar-refractivity contribution in [3.05, 3.63) is 58.4 Å². The minimum absolute atomic E-state index is 0.157. The van der Waals surface area contributed by atoms with Crippen molar-refractivity contribution in [2.75, 3.05) is 7.11 Å². The van der Waals surface area contributed by atoms with Gasteiger partial charge in [-0.25, -0.2) is 4.79 Å². The van der Waals surface area contributed by atoms with Crippen LogP contribution >= 0.6 is 0 Å². The molecular formula is C18H15F3N2O2. The van der Waals surface area contributed by atoms with Gasteiger partial charge in [0.1, 0.15) is 11.6 Å². The Morgan fingerprint density at radius 2 is 1.84 bits per heavy atom. The average molecular weight is 348 g/mol. The molecule has 0 aliphatic carbocycles. The maximum atomic E-state index is 12.7. The molecule has 0 spiro atoms. The first-order valence-electron chi connectivity index (χ1n) is 7.25. The summed E-state index contributed by atoms with van der Waals surface area (Å²) in [5, 5.41) is 9.05. The van der Waals surface area contributed by atoms with Crippen LogP contribution in [0.2, 0.25) is 0 Å². The highest BCUT2D eigenvalue weighted by Crippen LogP contribution is 2.30. The average Bonchev–Trinajstić information content (AvgIpc) is 2.85. The molecular weight excluding hydrogens is 333 g/mol. The first-order chi connectivity index (χ1) is 11.7. The number of alkyl halides is 3. The van der Waals surface area contributed by atoms with Gasteiger partial charge in [0.25, 0.3) is 0 Å². The molecule has 0 saturated carbocycles. The van der Waals surface area contributed by atoms with Gasteiger partial charge in [0, 0.05) is 17.1 Å². The summed E-state index contributed by atoms with van der Waals surface area (Å²) in [6.07, 6.45) is -3.00. The normalized spacial score (nSPS) is 12.0. The number of carbonyl (C=O) groups is 1. The van der Waals surface area contributed by atoms with Crippen molar-refractivity contribution in [2.24, 2.45) is 0 Å². The summed E-state index contributed by atoms with van der Waals surface area (Å²) >= 11 is 0. The molecule has 0 N–H and O–H groups in total. The number of hydrogen-bond donors (Lipinski definition) is 0. The maximum absolute atomic E-state index is 12.7. The van der Waals surface area contributed by atoms with Crippen molar-refractivity contribution < 1.29 is 22.7 Å². The molecule has 0 bridgehead atoms. The van der Waals surface area contributed by atoms with Gasteiger partial charge in [-0.05, 0) is 55.8 Å². The summed E-state index contributed by atoms with van der Waals surface area (Å²) in [6.45, 7) is 3.54. The van der Waals surface area contributed by atoms with E-state index in [-0.39, 0.29) is 5.57 Å². The van der Waals surface area contributed by atoms with Crippen LogP contribution in [0.15, 0.2) is 35.9 Å².